The van der Waals surface area contributed by atoms with Crippen molar-refractivity contribution in [3.05, 3.63) is 96.4 Å². The lowest BCUT2D eigenvalue weighted by atomic mass is 10.0. The minimum absolute atomic E-state index is 0.286. The van der Waals surface area contributed by atoms with Crippen LogP contribution < -0.4 is 10.2 Å². The van der Waals surface area contributed by atoms with E-state index in [0.717, 1.165) is 52.7 Å². The van der Waals surface area contributed by atoms with Crippen molar-refractivity contribution >= 4 is 17.5 Å². The van der Waals surface area contributed by atoms with Crippen LogP contribution >= 0.6 is 0 Å². The van der Waals surface area contributed by atoms with E-state index in [0.29, 0.717) is 6.54 Å². The molecular formula is C30H41FN6. The minimum Gasteiger partial charge on any atom is -0.381 e. The summed E-state index contributed by atoms with van der Waals surface area (Å²) in [5.41, 5.74) is 5.24. The number of pyridine rings is 1. The molecule has 0 spiro atoms. The Labute approximate surface area is 221 Å². The molecule has 2 aromatic heterocycles. The molecule has 0 aliphatic heterocycles. The Morgan fingerprint density at radius 2 is 1.73 bits per heavy atom. The fourth-order valence-electron chi connectivity index (χ4n) is 3.56. The van der Waals surface area contributed by atoms with Crippen LogP contribution in [0, 0.1) is 5.82 Å². The second kappa shape index (κ2) is 14.8. The Morgan fingerprint density at radius 1 is 1.05 bits per heavy atom. The summed E-state index contributed by atoms with van der Waals surface area (Å²) in [6.07, 6.45) is 8.66. The molecule has 3 rings (SSSR count). The molecule has 0 radical (unpaired) electrons. The number of hydrogen-bond acceptors (Lipinski definition) is 5. The van der Waals surface area contributed by atoms with Crippen LogP contribution in [0.4, 0.5) is 10.2 Å². The summed E-state index contributed by atoms with van der Waals surface area (Å²) in [4.78, 5) is 8.89. The third kappa shape index (κ3) is 8.43. The van der Waals surface area contributed by atoms with Crippen molar-refractivity contribution in [2.24, 2.45) is 0 Å². The molecule has 0 saturated carbocycles. The average Bonchev–Trinajstić information content (AvgIpc) is 3.31. The number of hydrogen-bond donors (Lipinski definition) is 1. The molecule has 7 heteroatoms. The maximum atomic E-state index is 13.3. The van der Waals surface area contributed by atoms with Crippen LogP contribution in [0.5, 0.6) is 0 Å². The summed E-state index contributed by atoms with van der Waals surface area (Å²) in [7, 11) is 6.18. The van der Waals surface area contributed by atoms with Gasteiger partial charge in [0.15, 0.2) is 0 Å². The first-order chi connectivity index (χ1) is 17.7. The number of halogens is 1. The normalized spacial score (nSPS) is 11.1. The number of allylic oxidation sites excluding steroid dienone is 2. The van der Waals surface area contributed by atoms with Crippen LogP contribution in [0.3, 0.4) is 0 Å². The quantitative estimate of drug-likeness (QED) is 0.317. The molecule has 0 saturated heterocycles. The molecule has 0 bridgehead atoms. The van der Waals surface area contributed by atoms with E-state index in [-0.39, 0.29) is 5.82 Å². The van der Waals surface area contributed by atoms with Gasteiger partial charge in [0.1, 0.15) is 11.6 Å². The summed E-state index contributed by atoms with van der Waals surface area (Å²) < 4.78 is 15.1. The van der Waals surface area contributed by atoms with Gasteiger partial charge in [0.2, 0.25) is 0 Å². The van der Waals surface area contributed by atoms with Gasteiger partial charge in [0.05, 0.1) is 17.6 Å². The summed E-state index contributed by atoms with van der Waals surface area (Å²) in [5.74, 6) is 0.660. The number of rotatable bonds is 11. The van der Waals surface area contributed by atoms with E-state index in [1.807, 2.05) is 32.3 Å². The standard InChI is InChI=1S/C27H33FN6.C3H8/c1-7-24(25-19-31-34(26(25)8-2)23-12-10-22(28)11-13-23)20(3)29-17-21-9-14-27(30-18-21)33(6)16-15-32(4)5;1-3-2/h7-14,18-19,29H,2-3,15-17H2,1,4-6H3;3H2,1-2H3/b24-7-;. The number of benzene rings is 1. The predicted octanol–water partition coefficient (Wildman–Crippen LogP) is 6.17. The highest BCUT2D eigenvalue weighted by molar-refractivity contribution is 5.82. The minimum atomic E-state index is -0.286. The summed E-state index contributed by atoms with van der Waals surface area (Å²) in [6, 6.07) is 10.3. The SMILES string of the molecule is C=Cc1c(/C(=C\C)C(=C)NCc2ccc(N(C)CCN(C)C)nc2)cnn1-c1ccc(F)cc1.CCC. The van der Waals surface area contributed by atoms with Crippen molar-refractivity contribution in [2.75, 3.05) is 39.1 Å². The van der Waals surface area contributed by atoms with Crippen molar-refractivity contribution in [3.8, 4) is 5.69 Å². The van der Waals surface area contributed by atoms with Gasteiger partial charge in [-0.3, -0.25) is 0 Å². The number of nitrogens with one attached hydrogen (secondary N) is 1. The number of anilines is 1. The van der Waals surface area contributed by atoms with Crippen LogP contribution in [0.1, 0.15) is 44.0 Å². The molecule has 0 amide bonds. The molecule has 6 nitrogen and oxygen atoms in total. The van der Waals surface area contributed by atoms with Gasteiger partial charge in [-0.2, -0.15) is 5.10 Å². The Bertz CT molecular complexity index is 1160. The van der Waals surface area contributed by atoms with E-state index in [1.54, 1.807) is 29.1 Å². The van der Waals surface area contributed by atoms with Gasteiger partial charge in [0, 0.05) is 49.7 Å². The lowest BCUT2D eigenvalue weighted by Crippen LogP contribution is -2.29. The molecule has 0 fully saturated rings. The van der Waals surface area contributed by atoms with Gasteiger partial charge in [-0.05, 0) is 63.0 Å². The molecule has 1 aromatic carbocycles. The molecule has 2 heterocycles. The molecule has 37 heavy (non-hydrogen) atoms. The Morgan fingerprint density at radius 3 is 2.27 bits per heavy atom. The molecule has 1 N–H and O–H groups in total. The maximum Gasteiger partial charge on any atom is 0.128 e. The van der Waals surface area contributed by atoms with Crippen LogP contribution in [0.2, 0.25) is 0 Å². The van der Waals surface area contributed by atoms with E-state index in [2.05, 4.69) is 72.4 Å². The second-order valence-electron chi connectivity index (χ2n) is 9.03. The van der Waals surface area contributed by atoms with Crippen molar-refractivity contribution in [1.82, 2.24) is 25.0 Å². The first kappa shape index (κ1) is 29.5. The van der Waals surface area contributed by atoms with Gasteiger partial charge < -0.3 is 15.1 Å². The fourth-order valence-corrected chi connectivity index (χ4v) is 3.56. The van der Waals surface area contributed by atoms with E-state index in [1.165, 1.54) is 18.6 Å². The fraction of sp³-hybridized carbons (Fsp3) is 0.333. The zero-order valence-corrected chi connectivity index (χ0v) is 23.1. The van der Waals surface area contributed by atoms with Crippen LogP contribution in [-0.2, 0) is 6.54 Å². The maximum absolute atomic E-state index is 13.3. The Hall–Kier alpha value is -3.71. The molecule has 198 valence electrons. The van der Waals surface area contributed by atoms with E-state index in [9.17, 15) is 4.39 Å². The van der Waals surface area contributed by atoms with Gasteiger partial charge in [-0.25, -0.2) is 14.1 Å². The van der Waals surface area contributed by atoms with Gasteiger partial charge in [-0.15, -0.1) is 0 Å². The van der Waals surface area contributed by atoms with Crippen molar-refractivity contribution in [2.45, 2.75) is 33.7 Å². The first-order valence-electron chi connectivity index (χ1n) is 12.6. The van der Waals surface area contributed by atoms with E-state index >= 15 is 0 Å². The highest BCUT2D eigenvalue weighted by Gasteiger charge is 2.15. The molecular weight excluding hydrogens is 463 g/mol. The third-order valence-corrected chi connectivity index (χ3v) is 5.56. The van der Waals surface area contributed by atoms with Crippen LogP contribution in [0.15, 0.2) is 73.7 Å². The summed E-state index contributed by atoms with van der Waals surface area (Å²) >= 11 is 0. The lowest BCUT2D eigenvalue weighted by Gasteiger charge is -2.20. The number of likely N-dealkylation sites (N-methyl/N-ethyl adjacent to an activating group) is 2. The number of aromatic nitrogens is 3. The number of nitrogens with zero attached hydrogens (tertiary/aromatic N) is 5. The lowest BCUT2D eigenvalue weighted by molar-refractivity contribution is 0.416. The van der Waals surface area contributed by atoms with Gasteiger partial charge >= 0.3 is 0 Å². The molecule has 0 unspecified atom stereocenters. The monoisotopic (exact) mass is 504 g/mol. The zero-order chi connectivity index (χ0) is 27.4. The molecule has 0 atom stereocenters. The highest BCUT2D eigenvalue weighted by Crippen LogP contribution is 2.27. The third-order valence-electron chi connectivity index (χ3n) is 5.56. The van der Waals surface area contributed by atoms with Crippen molar-refractivity contribution < 1.29 is 4.39 Å². The van der Waals surface area contributed by atoms with Crippen LogP contribution in [-0.4, -0.2) is 53.9 Å². The zero-order valence-electron chi connectivity index (χ0n) is 23.1. The summed E-state index contributed by atoms with van der Waals surface area (Å²) in [6.45, 7) is 16.9. The first-order valence-corrected chi connectivity index (χ1v) is 12.6. The predicted molar refractivity (Wildman–Crippen MR) is 155 cm³/mol. The second-order valence-corrected chi connectivity index (χ2v) is 9.03. The van der Waals surface area contributed by atoms with E-state index < -0.39 is 0 Å². The van der Waals surface area contributed by atoms with Crippen LogP contribution in [0.25, 0.3) is 17.3 Å². The average molecular weight is 505 g/mol. The largest absolute Gasteiger partial charge is 0.381 e. The molecule has 3 aromatic rings. The van der Waals surface area contributed by atoms with Gasteiger partial charge in [0.25, 0.3) is 0 Å². The Kier molecular flexibility index (Phi) is 11.8. The highest BCUT2D eigenvalue weighted by atomic mass is 19.1. The summed E-state index contributed by atoms with van der Waals surface area (Å²) in [5, 5.41) is 7.91. The van der Waals surface area contributed by atoms with Gasteiger partial charge in [-0.1, -0.05) is 45.6 Å². The van der Waals surface area contributed by atoms with Crippen molar-refractivity contribution in [1.29, 1.82) is 0 Å². The molecule has 0 aliphatic rings. The topological polar surface area (TPSA) is 49.2 Å². The van der Waals surface area contributed by atoms with Crippen molar-refractivity contribution in [3.63, 3.8) is 0 Å². The van der Waals surface area contributed by atoms with E-state index in [4.69, 9.17) is 0 Å². The molecule has 0 aliphatic carbocycles. The Balaban J connectivity index is 0.00000153. The smallest absolute Gasteiger partial charge is 0.128 e.